The highest BCUT2D eigenvalue weighted by Gasteiger charge is 2.43. The molecule has 1 saturated heterocycles. The Balaban J connectivity index is 2.06. The van der Waals surface area contributed by atoms with Crippen molar-refractivity contribution >= 4 is 0 Å². The molecule has 2 fully saturated rings. The fourth-order valence-electron chi connectivity index (χ4n) is 2.73. The second-order valence-electron chi connectivity index (χ2n) is 4.56. The minimum atomic E-state index is 0.258. The van der Waals surface area contributed by atoms with Crippen LogP contribution in [0.2, 0.25) is 0 Å². The number of likely N-dealkylation sites (N-methyl/N-ethyl adjacent to an activating group) is 1. The fraction of sp³-hybridized carbons (Fsp3) is 1.00. The number of hydrogen-bond donors (Lipinski definition) is 1. The van der Waals surface area contributed by atoms with Crippen molar-refractivity contribution in [2.24, 2.45) is 5.73 Å². The minimum absolute atomic E-state index is 0.258. The average molecular weight is 198 g/mol. The highest BCUT2D eigenvalue weighted by atomic mass is 16.5. The van der Waals surface area contributed by atoms with Gasteiger partial charge in [-0.15, -0.1) is 0 Å². The van der Waals surface area contributed by atoms with Crippen LogP contribution >= 0.6 is 0 Å². The van der Waals surface area contributed by atoms with Crippen molar-refractivity contribution in [1.29, 1.82) is 0 Å². The molecule has 82 valence electrons. The van der Waals surface area contributed by atoms with E-state index in [4.69, 9.17) is 10.5 Å². The molecule has 1 aliphatic heterocycles. The topological polar surface area (TPSA) is 38.5 Å². The Hall–Kier alpha value is -0.120. The normalized spacial score (nSPS) is 26.8. The SMILES string of the molecule is CCN(C1CC1)C1(CN)CCOCC1. The van der Waals surface area contributed by atoms with Gasteiger partial charge in [-0.25, -0.2) is 0 Å². The van der Waals surface area contributed by atoms with Crippen LogP contribution in [0.4, 0.5) is 0 Å². The monoisotopic (exact) mass is 198 g/mol. The van der Waals surface area contributed by atoms with Crippen LogP contribution < -0.4 is 5.73 Å². The van der Waals surface area contributed by atoms with Crippen molar-refractivity contribution < 1.29 is 4.74 Å². The van der Waals surface area contributed by atoms with Gasteiger partial charge in [0.25, 0.3) is 0 Å². The molecule has 3 nitrogen and oxygen atoms in total. The van der Waals surface area contributed by atoms with E-state index < -0.39 is 0 Å². The molecule has 0 bridgehead atoms. The first-order valence-corrected chi connectivity index (χ1v) is 5.87. The molecule has 3 heteroatoms. The molecule has 14 heavy (non-hydrogen) atoms. The zero-order chi connectivity index (χ0) is 10.0. The molecule has 0 radical (unpaired) electrons. The predicted octanol–water partition coefficient (Wildman–Crippen LogP) is 0.979. The lowest BCUT2D eigenvalue weighted by atomic mass is 9.87. The molecule has 0 aromatic rings. The molecule has 1 aliphatic carbocycles. The van der Waals surface area contributed by atoms with Crippen LogP contribution in [0.15, 0.2) is 0 Å². The summed E-state index contributed by atoms with van der Waals surface area (Å²) in [5.41, 5.74) is 6.24. The lowest BCUT2D eigenvalue weighted by Crippen LogP contribution is -2.57. The van der Waals surface area contributed by atoms with Crippen LogP contribution in [0.5, 0.6) is 0 Å². The summed E-state index contributed by atoms with van der Waals surface area (Å²) >= 11 is 0. The maximum absolute atomic E-state index is 5.98. The van der Waals surface area contributed by atoms with Crippen molar-refractivity contribution in [3.63, 3.8) is 0 Å². The van der Waals surface area contributed by atoms with E-state index in [-0.39, 0.29) is 5.54 Å². The molecule has 1 heterocycles. The summed E-state index contributed by atoms with van der Waals surface area (Å²) in [5.74, 6) is 0. The van der Waals surface area contributed by atoms with E-state index in [1.165, 1.54) is 12.8 Å². The number of ether oxygens (including phenoxy) is 1. The van der Waals surface area contributed by atoms with Gasteiger partial charge in [-0.05, 0) is 32.2 Å². The van der Waals surface area contributed by atoms with Crippen molar-refractivity contribution in [1.82, 2.24) is 4.90 Å². The van der Waals surface area contributed by atoms with Gasteiger partial charge >= 0.3 is 0 Å². The molecular weight excluding hydrogens is 176 g/mol. The van der Waals surface area contributed by atoms with Gasteiger partial charge in [0.15, 0.2) is 0 Å². The van der Waals surface area contributed by atoms with Crippen LogP contribution in [0.3, 0.4) is 0 Å². The fourth-order valence-corrected chi connectivity index (χ4v) is 2.73. The van der Waals surface area contributed by atoms with E-state index in [9.17, 15) is 0 Å². The molecule has 1 saturated carbocycles. The largest absolute Gasteiger partial charge is 0.381 e. The Bertz CT molecular complexity index is 186. The van der Waals surface area contributed by atoms with Crippen LogP contribution in [0.1, 0.15) is 32.6 Å². The molecule has 0 aromatic carbocycles. The van der Waals surface area contributed by atoms with E-state index in [0.29, 0.717) is 0 Å². The maximum Gasteiger partial charge on any atom is 0.0484 e. The molecule has 0 unspecified atom stereocenters. The Kier molecular flexibility index (Phi) is 3.10. The summed E-state index contributed by atoms with van der Waals surface area (Å²) in [6, 6.07) is 0.821. The second kappa shape index (κ2) is 4.17. The quantitative estimate of drug-likeness (QED) is 0.732. The van der Waals surface area contributed by atoms with E-state index in [0.717, 1.165) is 45.2 Å². The molecule has 0 amide bonds. The minimum Gasteiger partial charge on any atom is -0.381 e. The summed E-state index contributed by atoms with van der Waals surface area (Å²) < 4.78 is 5.44. The Morgan fingerprint density at radius 3 is 2.43 bits per heavy atom. The third kappa shape index (κ3) is 1.81. The number of hydrogen-bond acceptors (Lipinski definition) is 3. The summed E-state index contributed by atoms with van der Waals surface area (Å²) in [5, 5.41) is 0. The molecule has 0 atom stereocenters. The van der Waals surface area contributed by atoms with Gasteiger partial charge < -0.3 is 10.5 Å². The molecule has 0 spiro atoms. The van der Waals surface area contributed by atoms with Gasteiger partial charge in [-0.1, -0.05) is 6.92 Å². The van der Waals surface area contributed by atoms with Crippen molar-refractivity contribution in [2.45, 2.75) is 44.2 Å². The Labute approximate surface area is 86.6 Å². The second-order valence-corrected chi connectivity index (χ2v) is 4.56. The van der Waals surface area contributed by atoms with Gasteiger partial charge in [0.1, 0.15) is 0 Å². The molecule has 0 aromatic heterocycles. The zero-order valence-corrected chi connectivity index (χ0v) is 9.17. The van der Waals surface area contributed by atoms with Crippen molar-refractivity contribution in [3.05, 3.63) is 0 Å². The van der Waals surface area contributed by atoms with Gasteiger partial charge in [-0.2, -0.15) is 0 Å². The van der Waals surface area contributed by atoms with Gasteiger partial charge in [-0.3, -0.25) is 4.90 Å². The van der Waals surface area contributed by atoms with Crippen LogP contribution in [-0.4, -0.2) is 42.8 Å². The first kappa shape index (κ1) is 10.4. The van der Waals surface area contributed by atoms with Gasteiger partial charge in [0, 0.05) is 31.3 Å². The molecule has 2 aliphatic rings. The van der Waals surface area contributed by atoms with Crippen LogP contribution in [0, 0.1) is 0 Å². The van der Waals surface area contributed by atoms with Crippen LogP contribution in [0.25, 0.3) is 0 Å². The number of rotatable bonds is 4. The molecule has 2 rings (SSSR count). The lowest BCUT2D eigenvalue weighted by Gasteiger charge is -2.45. The zero-order valence-electron chi connectivity index (χ0n) is 9.17. The highest BCUT2D eigenvalue weighted by Crippen LogP contribution is 2.37. The number of nitrogens with two attached hydrogens (primary N) is 1. The predicted molar refractivity (Wildman–Crippen MR) is 57.2 cm³/mol. The summed E-state index contributed by atoms with van der Waals surface area (Å²) in [4.78, 5) is 2.63. The van der Waals surface area contributed by atoms with Gasteiger partial charge in [0.05, 0.1) is 0 Å². The van der Waals surface area contributed by atoms with Gasteiger partial charge in [0.2, 0.25) is 0 Å². The molecule has 2 N–H and O–H groups in total. The molecular formula is C11H22N2O. The van der Waals surface area contributed by atoms with E-state index >= 15 is 0 Å². The van der Waals surface area contributed by atoms with Crippen LogP contribution in [-0.2, 0) is 4.74 Å². The Morgan fingerprint density at radius 1 is 1.36 bits per heavy atom. The number of nitrogens with zero attached hydrogens (tertiary/aromatic N) is 1. The van der Waals surface area contributed by atoms with E-state index in [1.54, 1.807) is 0 Å². The summed E-state index contributed by atoms with van der Waals surface area (Å²) in [7, 11) is 0. The lowest BCUT2D eigenvalue weighted by molar-refractivity contribution is -0.0260. The standard InChI is InChI=1S/C11H22N2O/c1-2-13(10-3-4-10)11(9-12)5-7-14-8-6-11/h10H,2-9,12H2,1H3. The van der Waals surface area contributed by atoms with E-state index in [1.807, 2.05) is 0 Å². The first-order valence-electron chi connectivity index (χ1n) is 5.87. The third-order valence-electron chi connectivity index (χ3n) is 3.74. The Morgan fingerprint density at radius 2 is 2.00 bits per heavy atom. The summed E-state index contributed by atoms with van der Waals surface area (Å²) in [6.07, 6.45) is 4.98. The third-order valence-corrected chi connectivity index (χ3v) is 3.74. The highest BCUT2D eigenvalue weighted by molar-refractivity contribution is 4.99. The summed E-state index contributed by atoms with van der Waals surface area (Å²) in [6.45, 7) is 5.97. The van der Waals surface area contributed by atoms with E-state index in [2.05, 4.69) is 11.8 Å². The van der Waals surface area contributed by atoms with Crippen molar-refractivity contribution in [3.8, 4) is 0 Å². The van der Waals surface area contributed by atoms with Crippen molar-refractivity contribution in [2.75, 3.05) is 26.3 Å². The first-order chi connectivity index (χ1) is 6.82. The smallest absolute Gasteiger partial charge is 0.0484 e. The maximum atomic E-state index is 5.98. The average Bonchev–Trinajstić information content (AvgIpc) is 3.05.